The van der Waals surface area contributed by atoms with Crippen molar-refractivity contribution >= 4 is 22.9 Å². The Hall–Kier alpha value is -2.08. The van der Waals surface area contributed by atoms with E-state index >= 15 is 0 Å². The van der Waals surface area contributed by atoms with Crippen LogP contribution < -0.4 is 11.1 Å². The number of rotatable bonds is 5. The molecule has 0 fully saturated rings. The van der Waals surface area contributed by atoms with Gasteiger partial charge in [0.15, 0.2) is 0 Å². The number of pyridine rings is 1. The van der Waals surface area contributed by atoms with Gasteiger partial charge in [0, 0.05) is 11.8 Å². The predicted molar refractivity (Wildman–Crippen MR) is 83.2 cm³/mol. The van der Waals surface area contributed by atoms with Gasteiger partial charge in [0.2, 0.25) is 0 Å². The van der Waals surface area contributed by atoms with Crippen LogP contribution in [0.2, 0.25) is 0 Å². The Bertz CT molecular complexity index is 651. The van der Waals surface area contributed by atoms with Crippen molar-refractivity contribution in [1.29, 1.82) is 0 Å². The van der Waals surface area contributed by atoms with E-state index in [2.05, 4.69) is 10.3 Å². The van der Waals surface area contributed by atoms with Crippen molar-refractivity contribution in [2.24, 2.45) is 5.73 Å². The molecule has 0 atom stereocenters. The minimum absolute atomic E-state index is 0.0441. The summed E-state index contributed by atoms with van der Waals surface area (Å²) in [6.45, 7) is 2.24. The molecule has 2 aromatic rings. The molecule has 21 heavy (non-hydrogen) atoms. The molecule has 0 unspecified atom stereocenters. The van der Waals surface area contributed by atoms with E-state index in [0.717, 1.165) is 29.8 Å². The summed E-state index contributed by atoms with van der Waals surface area (Å²) in [4.78, 5) is 4.18. The van der Waals surface area contributed by atoms with E-state index in [1.807, 2.05) is 19.1 Å². The molecule has 0 saturated carbocycles. The summed E-state index contributed by atoms with van der Waals surface area (Å²) in [5.41, 5.74) is 7.13. The maximum Gasteiger partial charge on any atom is 0.150 e. The van der Waals surface area contributed by atoms with Crippen molar-refractivity contribution in [3.63, 3.8) is 0 Å². The topological polar surface area (TPSA) is 50.9 Å². The number of thiocarbonyl (C=S) groups is 1. The summed E-state index contributed by atoms with van der Waals surface area (Å²) in [5.74, 6) is -1.46. The number of nitrogens with one attached hydrogen (secondary N) is 1. The number of nitrogens with zero attached hydrogens (tertiary/aromatic N) is 1. The fourth-order valence-electron chi connectivity index (χ4n) is 2.01. The number of hydrogen-bond donors (Lipinski definition) is 2. The van der Waals surface area contributed by atoms with Crippen LogP contribution in [0.15, 0.2) is 30.5 Å². The first-order chi connectivity index (χ1) is 10.0. The number of aryl methyl sites for hydroxylation is 1. The largest absolute Gasteiger partial charge is 0.389 e. The van der Waals surface area contributed by atoms with Gasteiger partial charge in [-0.1, -0.05) is 25.2 Å². The van der Waals surface area contributed by atoms with Crippen LogP contribution in [0.4, 0.5) is 14.5 Å². The van der Waals surface area contributed by atoms with Crippen molar-refractivity contribution in [2.75, 3.05) is 5.32 Å². The van der Waals surface area contributed by atoms with E-state index in [1.165, 1.54) is 0 Å². The van der Waals surface area contributed by atoms with Gasteiger partial charge in [0.25, 0.3) is 0 Å². The Labute approximate surface area is 127 Å². The normalized spacial score (nSPS) is 10.4. The van der Waals surface area contributed by atoms with Crippen LogP contribution in [0.1, 0.15) is 23.7 Å². The van der Waals surface area contributed by atoms with E-state index in [1.54, 1.807) is 6.20 Å². The Morgan fingerprint density at radius 3 is 2.57 bits per heavy atom. The lowest BCUT2D eigenvalue weighted by Gasteiger charge is -2.12. The first kappa shape index (κ1) is 15.3. The van der Waals surface area contributed by atoms with Crippen molar-refractivity contribution in [1.82, 2.24) is 4.98 Å². The van der Waals surface area contributed by atoms with Gasteiger partial charge in [0.1, 0.15) is 22.3 Å². The number of aromatic nitrogens is 1. The standard InChI is InChI=1S/C15H15F2N3S/c1-2-9-4-3-5-19-13(9)8-20-14-11(16)6-10(15(18)21)7-12(14)17/h3-7,20H,2,8H2,1H3,(H2,18,21). The van der Waals surface area contributed by atoms with Gasteiger partial charge in [-0.15, -0.1) is 0 Å². The molecule has 0 spiro atoms. The van der Waals surface area contributed by atoms with Gasteiger partial charge in [-0.25, -0.2) is 8.78 Å². The molecule has 0 aliphatic rings. The summed E-state index contributed by atoms with van der Waals surface area (Å²) in [6, 6.07) is 6.01. The van der Waals surface area contributed by atoms with Crippen LogP contribution in [0, 0.1) is 11.6 Å². The molecule has 0 radical (unpaired) electrons. The smallest absolute Gasteiger partial charge is 0.150 e. The van der Waals surface area contributed by atoms with Crippen molar-refractivity contribution in [3.05, 3.63) is 58.9 Å². The highest BCUT2D eigenvalue weighted by Crippen LogP contribution is 2.22. The second kappa shape index (κ2) is 6.58. The van der Waals surface area contributed by atoms with Crippen LogP contribution in [0.5, 0.6) is 0 Å². The molecule has 0 aliphatic carbocycles. The minimum atomic E-state index is -0.730. The van der Waals surface area contributed by atoms with Gasteiger partial charge < -0.3 is 11.1 Å². The molecule has 2 rings (SSSR count). The van der Waals surface area contributed by atoms with Gasteiger partial charge in [-0.2, -0.15) is 0 Å². The SMILES string of the molecule is CCc1cccnc1CNc1c(F)cc(C(N)=S)cc1F. The highest BCUT2D eigenvalue weighted by molar-refractivity contribution is 7.80. The molecule has 3 nitrogen and oxygen atoms in total. The summed E-state index contributed by atoms with van der Waals surface area (Å²) in [7, 11) is 0. The zero-order valence-corrected chi connectivity index (χ0v) is 12.3. The molecular formula is C15H15F2N3S. The Morgan fingerprint density at radius 2 is 2.00 bits per heavy atom. The maximum absolute atomic E-state index is 13.9. The Morgan fingerprint density at radius 1 is 1.33 bits per heavy atom. The number of hydrogen-bond acceptors (Lipinski definition) is 3. The fraction of sp³-hybridized carbons (Fsp3) is 0.200. The second-order valence-corrected chi connectivity index (χ2v) is 4.94. The van der Waals surface area contributed by atoms with Crippen molar-refractivity contribution in [3.8, 4) is 0 Å². The fourth-order valence-corrected chi connectivity index (χ4v) is 2.13. The molecular weight excluding hydrogens is 292 g/mol. The molecule has 3 N–H and O–H groups in total. The summed E-state index contributed by atoms with van der Waals surface area (Å²) < 4.78 is 27.8. The number of nitrogens with two attached hydrogens (primary N) is 1. The molecule has 0 bridgehead atoms. The zero-order chi connectivity index (χ0) is 15.4. The first-order valence-corrected chi connectivity index (χ1v) is 6.89. The van der Waals surface area contributed by atoms with Crippen LogP contribution >= 0.6 is 12.2 Å². The maximum atomic E-state index is 13.9. The minimum Gasteiger partial charge on any atom is -0.389 e. The van der Waals surface area contributed by atoms with Crippen LogP contribution in [0.25, 0.3) is 0 Å². The van der Waals surface area contributed by atoms with Gasteiger partial charge >= 0.3 is 0 Å². The van der Waals surface area contributed by atoms with E-state index in [0.29, 0.717) is 0 Å². The molecule has 0 amide bonds. The molecule has 0 saturated heterocycles. The average Bonchev–Trinajstić information content (AvgIpc) is 2.46. The number of anilines is 1. The lowest BCUT2D eigenvalue weighted by Crippen LogP contribution is -2.12. The molecule has 1 aromatic carbocycles. The Kier molecular flexibility index (Phi) is 4.80. The Balaban J connectivity index is 2.22. The quantitative estimate of drug-likeness (QED) is 0.833. The summed E-state index contributed by atoms with van der Waals surface area (Å²) in [5, 5.41) is 2.74. The number of benzene rings is 1. The average molecular weight is 307 g/mol. The summed E-state index contributed by atoms with van der Waals surface area (Å²) >= 11 is 4.71. The van der Waals surface area contributed by atoms with Crippen LogP contribution in [0.3, 0.4) is 0 Å². The van der Waals surface area contributed by atoms with E-state index in [9.17, 15) is 8.78 Å². The highest BCUT2D eigenvalue weighted by atomic mass is 32.1. The van der Waals surface area contributed by atoms with Gasteiger partial charge in [-0.05, 0) is 30.2 Å². The van der Waals surface area contributed by atoms with Crippen molar-refractivity contribution in [2.45, 2.75) is 19.9 Å². The van der Waals surface area contributed by atoms with Gasteiger partial charge in [-0.3, -0.25) is 4.98 Å². The molecule has 1 heterocycles. The first-order valence-electron chi connectivity index (χ1n) is 6.48. The summed E-state index contributed by atoms with van der Waals surface area (Å²) in [6.07, 6.45) is 2.45. The third kappa shape index (κ3) is 3.52. The lowest BCUT2D eigenvalue weighted by atomic mass is 10.1. The van der Waals surface area contributed by atoms with E-state index in [4.69, 9.17) is 18.0 Å². The monoisotopic (exact) mass is 307 g/mol. The zero-order valence-electron chi connectivity index (χ0n) is 11.5. The van der Waals surface area contributed by atoms with E-state index < -0.39 is 11.6 Å². The lowest BCUT2D eigenvalue weighted by molar-refractivity contribution is 0.587. The molecule has 110 valence electrons. The van der Waals surface area contributed by atoms with Crippen LogP contribution in [-0.4, -0.2) is 9.97 Å². The van der Waals surface area contributed by atoms with E-state index in [-0.39, 0.29) is 22.8 Å². The molecule has 0 aliphatic heterocycles. The van der Waals surface area contributed by atoms with Crippen molar-refractivity contribution < 1.29 is 8.78 Å². The molecule has 6 heteroatoms. The third-order valence-electron chi connectivity index (χ3n) is 3.12. The highest BCUT2D eigenvalue weighted by Gasteiger charge is 2.13. The third-order valence-corrected chi connectivity index (χ3v) is 3.36. The van der Waals surface area contributed by atoms with Gasteiger partial charge in [0.05, 0.1) is 12.2 Å². The second-order valence-electron chi connectivity index (χ2n) is 4.50. The predicted octanol–water partition coefficient (Wildman–Crippen LogP) is 3.17. The number of halogens is 2. The van der Waals surface area contributed by atoms with Crippen LogP contribution in [-0.2, 0) is 13.0 Å². The molecule has 1 aromatic heterocycles.